The van der Waals surface area contributed by atoms with E-state index in [1.807, 2.05) is 41.9 Å². The van der Waals surface area contributed by atoms with E-state index >= 15 is 0 Å². The van der Waals surface area contributed by atoms with Crippen molar-refractivity contribution in [2.45, 2.75) is 18.6 Å². The van der Waals surface area contributed by atoms with Crippen LogP contribution in [0.3, 0.4) is 0 Å². The third kappa shape index (κ3) is 4.48. The number of hydrogen-bond acceptors (Lipinski definition) is 4. The Kier molecular flexibility index (Phi) is 5.50. The van der Waals surface area contributed by atoms with Gasteiger partial charge in [0.1, 0.15) is 6.33 Å². The highest BCUT2D eigenvalue weighted by atomic mass is 32.2. The molecule has 2 aromatic carbocycles. The number of benzene rings is 2. The normalized spacial score (nSPS) is 10.6. The second-order valence-electron chi connectivity index (χ2n) is 5.84. The zero-order chi connectivity index (χ0) is 17.6. The summed E-state index contributed by atoms with van der Waals surface area (Å²) in [7, 11) is 1.82. The summed E-state index contributed by atoms with van der Waals surface area (Å²) in [6.07, 6.45) is 1.66. The van der Waals surface area contributed by atoms with Crippen LogP contribution in [0.5, 0.6) is 0 Å². The molecule has 25 heavy (non-hydrogen) atoms. The molecule has 0 aliphatic rings. The van der Waals surface area contributed by atoms with Gasteiger partial charge in [-0.1, -0.05) is 59.8 Å². The molecule has 0 aliphatic carbocycles. The largest absolute Gasteiger partial charge is 0.341 e. The number of para-hydroxylation sites is 1. The van der Waals surface area contributed by atoms with Crippen LogP contribution in [0.4, 0.5) is 0 Å². The van der Waals surface area contributed by atoms with Crippen LogP contribution in [0, 0.1) is 6.92 Å². The Labute approximate surface area is 151 Å². The molecule has 3 rings (SSSR count). The summed E-state index contributed by atoms with van der Waals surface area (Å²) >= 11 is 1.40. The molecule has 6 heteroatoms. The molecule has 0 spiro atoms. The van der Waals surface area contributed by atoms with Crippen molar-refractivity contribution >= 4 is 17.7 Å². The molecular weight excluding hydrogens is 332 g/mol. The molecule has 1 heterocycles. The van der Waals surface area contributed by atoms with Crippen molar-refractivity contribution < 1.29 is 4.79 Å². The lowest BCUT2D eigenvalue weighted by Crippen LogP contribution is -2.27. The Morgan fingerprint density at radius 3 is 2.56 bits per heavy atom. The van der Waals surface area contributed by atoms with E-state index in [1.54, 1.807) is 11.2 Å². The van der Waals surface area contributed by atoms with E-state index in [2.05, 4.69) is 41.4 Å². The molecule has 0 atom stereocenters. The molecular formula is C19H20N4OS. The summed E-state index contributed by atoms with van der Waals surface area (Å²) in [5.74, 6) is 0.390. The first-order valence-corrected chi connectivity index (χ1v) is 9.00. The van der Waals surface area contributed by atoms with Crippen molar-refractivity contribution in [1.29, 1.82) is 0 Å². The number of nitrogens with zero attached hydrogens (tertiary/aromatic N) is 4. The van der Waals surface area contributed by atoms with Gasteiger partial charge in [0, 0.05) is 19.3 Å². The highest BCUT2D eigenvalue weighted by Crippen LogP contribution is 2.19. The highest BCUT2D eigenvalue weighted by molar-refractivity contribution is 7.99. The third-order valence-electron chi connectivity index (χ3n) is 3.84. The molecule has 5 nitrogen and oxygen atoms in total. The van der Waals surface area contributed by atoms with Gasteiger partial charge in [-0.2, -0.15) is 0 Å². The lowest BCUT2D eigenvalue weighted by atomic mass is 10.1. The monoisotopic (exact) mass is 352 g/mol. The van der Waals surface area contributed by atoms with Crippen molar-refractivity contribution in [2.24, 2.45) is 0 Å². The van der Waals surface area contributed by atoms with Gasteiger partial charge in [0.2, 0.25) is 5.91 Å². The number of thioether (sulfide) groups is 1. The van der Waals surface area contributed by atoms with Crippen LogP contribution < -0.4 is 0 Å². The molecule has 1 aromatic heterocycles. The first kappa shape index (κ1) is 17.2. The van der Waals surface area contributed by atoms with Gasteiger partial charge in [-0.25, -0.2) is 0 Å². The van der Waals surface area contributed by atoms with E-state index in [1.165, 1.54) is 17.3 Å². The number of carbonyl (C=O) groups is 1. The summed E-state index contributed by atoms with van der Waals surface area (Å²) < 4.78 is 1.89. The van der Waals surface area contributed by atoms with E-state index in [0.717, 1.165) is 11.3 Å². The van der Waals surface area contributed by atoms with E-state index < -0.39 is 0 Å². The average Bonchev–Trinajstić information content (AvgIpc) is 3.11. The Morgan fingerprint density at radius 2 is 1.84 bits per heavy atom. The molecule has 0 N–H and O–H groups in total. The van der Waals surface area contributed by atoms with Gasteiger partial charge in [0.25, 0.3) is 0 Å². The summed E-state index contributed by atoms with van der Waals surface area (Å²) in [5, 5.41) is 8.80. The van der Waals surface area contributed by atoms with Crippen LogP contribution in [0.1, 0.15) is 11.1 Å². The van der Waals surface area contributed by atoms with Gasteiger partial charge in [0.05, 0.1) is 5.75 Å². The van der Waals surface area contributed by atoms with E-state index in [9.17, 15) is 4.79 Å². The molecule has 3 aromatic rings. The minimum absolute atomic E-state index is 0.0631. The minimum Gasteiger partial charge on any atom is -0.341 e. The Bertz CT molecular complexity index is 830. The quantitative estimate of drug-likeness (QED) is 0.639. The fourth-order valence-electron chi connectivity index (χ4n) is 2.38. The fraction of sp³-hybridized carbons (Fsp3) is 0.211. The number of hydrogen-bond donors (Lipinski definition) is 0. The van der Waals surface area contributed by atoms with Gasteiger partial charge in [0.15, 0.2) is 5.16 Å². The SMILES string of the molecule is Cc1ccc(CN(C)C(=O)CSc2nncn2-c2ccccc2)cc1. The van der Waals surface area contributed by atoms with Gasteiger partial charge in [-0.15, -0.1) is 10.2 Å². The summed E-state index contributed by atoms with van der Waals surface area (Å²) in [6, 6.07) is 18.1. The Hall–Kier alpha value is -2.60. The van der Waals surface area contributed by atoms with Crippen molar-refractivity contribution in [1.82, 2.24) is 19.7 Å². The van der Waals surface area contributed by atoms with Crippen LogP contribution in [0.2, 0.25) is 0 Å². The smallest absolute Gasteiger partial charge is 0.233 e. The highest BCUT2D eigenvalue weighted by Gasteiger charge is 2.13. The zero-order valence-corrected chi connectivity index (χ0v) is 15.1. The van der Waals surface area contributed by atoms with E-state index in [4.69, 9.17) is 0 Å². The maximum absolute atomic E-state index is 12.4. The molecule has 0 saturated heterocycles. The van der Waals surface area contributed by atoms with Gasteiger partial charge in [-0.05, 0) is 24.6 Å². The Morgan fingerprint density at radius 1 is 1.12 bits per heavy atom. The molecule has 0 aliphatic heterocycles. The predicted octanol–water partition coefficient (Wildman–Crippen LogP) is 3.33. The van der Waals surface area contributed by atoms with Crippen LogP contribution in [0.15, 0.2) is 66.1 Å². The number of carbonyl (C=O) groups excluding carboxylic acids is 1. The maximum atomic E-state index is 12.4. The lowest BCUT2D eigenvalue weighted by Gasteiger charge is -2.17. The fourth-order valence-corrected chi connectivity index (χ4v) is 3.25. The molecule has 0 bridgehead atoms. The van der Waals surface area contributed by atoms with Gasteiger partial charge < -0.3 is 4.90 Å². The van der Waals surface area contributed by atoms with E-state index in [-0.39, 0.29) is 5.91 Å². The standard InChI is InChI=1S/C19H20N4OS/c1-15-8-10-16(11-9-15)12-22(2)18(24)13-25-19-21-20-14-23(19)17-6-4-3-5-7-17/h3-11,14H,12-13H2,1-2H3. The summed E-state index contributed by atoms with van der Waals surface area (Å²) in [4.78, 5) is 14.1. The molecule has 1 amide bonds. The van der Waals surface area contributed by atoms with Crippen molar-refractivity contribution in [3.63, 3.8) is 0 Å². The van der Waals surface area contributed by atoms with Crippen molar-refractivity contribution in [2.75, 3.05) is 12.8 Å². The van der Waals surface area contributed by atoms with Crippen LogP contribution in [-0.4, -0.2) is 38.4 Å². The third-order valence-corrected chi connectivity index (χ3v) is 4.77. The van der Waals surface area contributed by atoms with Crippen LogP contribution in [0.25, 0.3) is 5.69 Å². The molecule has 128 valence electrons. The van der Waals surface area contributed by atoms with Gasteiger partial charge >= 0.3 is 0 Å². The second-order valence-corrected chi connectivity index (χ2v) is 6.79. The maximum Gasteiger partial charge on any atom is 0.233 e. The summed E-state index contributed by atoms with van der Waals surface area (Å²) in [5.41, 5.74) is 3.32. The minimum atomic E-state index is 0.0631. The zero-order valence-electron chi connectivity index (χ0n) is 14.3. The molecule has 0 radical (unpaired) electrons. The second kappa shape index (κ2) is 7.98. The first-order chi connectivity index (χ1) is 12.1. The van der Waals surface area contributed by atoms with Crippen molar-refractivity contribution in [3.8, 4) is 5.69 Å². The van der Waals surface area contributed by atoms with Gasteiger partial charge in [-0.3, -0.25) is 9.36 Å². The van der Waals surface area contributed by atoms with Crippen LogP contribution >= 0.6 is 11.8 Å². The number of rotatable bonds is 6. The average molecular weight is 352 g/mol. The first-order valence-electron chi connectivity index (χ1n) is 8.01. The van der Waals surface area contributed by atoms with Crippen molar-refractivity contribution in [3.05, 3.63) is 72.1 Å². The van der Waals surface area contributed by atoms with Crippen LogP contribution in [-0.2, 0) is 11.3 Å². The molecule has 0 fully saturated rings. The molecule has 0 saturated carbocycles. The molecule has 0 unspecified atom stereocenters. The number of amides is 1. The summed E-state index contributed by atoms with van der Waals surface area (Å²) in [6.45, 7) is 2.66. The number of aryl methyl sites for hydroxylation is 1. The Balaban J connectivity index is 1.59. The number of aromatic nitrogens is 3. The lowest BCUT2D eigenvalue weighted by molar-refractivity contribution is -0.127. The predicted molar refractivity (Wildman–Crippen MR) is 99.7 cm³/mol. The topological polar surface area (TPSA) is 51.0 Å². The van der Waals surface area contributed by atoms with E-state index in [0.29, 0.717) is 17.5 Å².